The van der Waals surface area contributed by atoms with Crippen LogP contribution in [-0.4, -0.2) is 106 Å². The lowest BCUT2D eigenvalue weighted by Gasteiger charge is -2.27. The van der Waals surface area contributed by atoms with E-state index in [4.69, 9.17) is 37.9 Å². The average molecular weight is 772 g/mol. The van der Waals surface area contributed by atoms with Crippen molar-refractivity contribution < 1.29 is 57.4 Å². The van der Waals surface area contributed by atoms with Crippen LogP contribution in [-0.2, 0) is 35.0 Å². The van der Waals surface area contributed by atoms with Gasteiger partial charge in [0.05, 0.1) is 19.2 Å². The minimum Gasteiger partial charge on any atom is -0.492 e. The van der Waals surface area contributed by atoms with Crippen LogP contribution in [0.25, 0.3) is 6.08 Å². The van der Waals surface area contributed by atoms with Gasteiger partial charge in [0.2, 0.25) is 0 Å². The maximum atomic E-state index is 13.8. The summed E-state index contributed by atoms with van der Waals surface area (Å²) < 4.78 is 47.8. The number of methoxy groups -OCH3 is 1. The van der Waals surface area contributed by atoms with Gasteiger partial charge in [0.15, 0.2) is 12.6 Å². The topological polar surface area (TPSA) is 166 Å². The molecule has 1 saturated heterocycles. The molecule has 0 radical (unpaired) electrons. The largest absolute Gasteiger partial charge is 0.492 e. The highest BCUT2D eigenvalue weighted by molar-refractivity contribution is 5.97. The number of aliphatic hydroxyl groups excluding tert-OH is 1. The molecule has 1 amide bonds. The van der Waals surface area contributed by atoms with E-state index in [0.717, 1.165) is 0 Å². The molecule has 2 aromatic rings. The van der Waals surface area contributed by atoms with Crippen molar-refractivity contribution >= 4 is 24.2 Å². The molecule has 1 fully saturated rings. The normalized spacial score (nSPS) is 24.0. The van der Waals surface area contributed by atoms with Crippen LogP contribution in [0.4, 0.5) is 9.59 Å². The molecule has 304 valence electrons. The minimum atomic E-state index is -0.951. The molecule has 1 aromatic carbocycles. The fourth-order valence-electron chi connectivity index (χ4n) is 5.77. The summed E-state index contributed by atoms with van der Waals surface area (Å²) in [6.45, 7) is 17.5. The lowest BCUT2D eigenvalue weighted by Crippen LogP contribution is -2.39. The maximum Gasteiger partial charge on any atom is 0.420 e. The van der Waals surface area contributed by atoms with Gasteiger partial charge in [0.25, 0.3) is 0 Å². The van der Waals surface area contributed by atoms with Crippen molar-refractivity contribution in [3.05, 3.63) is 59.7 Å². The molecule has 0 spiro atoms. The second-order valence-electron chi connectivity index (χ2n) is 16.0. The fourth-order valence-corrected chi connectivity index (χ4v) is 5.77. The number of cyclic esters (lactones) is 1. The monoisotopic (exact) mass is 771 g/mol. The smallest absolute Gasteiger partial charge is 0.420 e. The van der Waals surface area contributed by atoms with Gasteiger partial charge < -0.3 is 43.0 Å². The highest BCUT2D eigenvalue weighted by Crippen LogP contribution is 2.35. The third-order valence-corrected chi connectivity index (χ3v) is 8.43. The van der Waals surface area contributed by atoms with Crippen molar-refractivity contribution in [3.8, 4) is 11.5 Å². The van der Waals surface area contributed by atoms with E-state index >= 15 is 0 Å². The number of hydrogen-bond acceptors (Lipinski definition) is 13. The molecule has 15 nitrogen and oxygen atoms in total. The van der Waals surface area contributed by atoms with Gasteiger partial charge in [0.1, 0.15) is 59.0 Å². The summed E-state index contributed by atoms with van der Waals surface area (Å²) in [6.07, 6.45) is 6.36. The van der Waals surface area contributed by atoms with E-state index in [1.807, 2.05) is 13.0 Å². The molecule has 15 heteroatoms. The number of esters is 1. The summed E-state index contributed by atoms with van der Waals surface area (Å²) in [5, 5.41) is 11.0. The Bertz CT molecular complexity index is 1700. The molecule has 4 unspecified atom stereocenters. The van der Waals surface area contributed by atoms with Crippen LogP contribution < -0.4 is 9.47 Å². The SMILES string of the molecule is COCOc1cc(OCCN(Cc2nccn2C(=O)OC(C)(C)C)C(=O)OC(C)(C)C)cc2c1C(=O)OC(C)[C@H](C)/C=C\C(O)C1OC(C)(C)OC1C/C=C/2. The van der Waals surface area contributed by atoms with E-state index in [9.17, 15) is 19.5 Å². The number of nitrogens with zero attached hydrogens (tertiary/aromatic N) is 3. The zero-order valence-corrected chi connectivity index (χ0v) is 33.8. The Labute approximate surface area is 323 Å². The zero-order valence-electron chi connectivity index (χ0n) is 33.8. The molecule has 4 rings (SSSR count). The van der Waals surface area contributed by atoms with Crippen LogP contribution >= 0.6 is 0 Å². The summed E-state index contributed by atoms with van der Waals surface area (Å²) in [5.41, 5.74) is -0.957. The number of aromatic nitrogens is 2. The van der Waals surface area contributed by atoms with Crippen LogP contribution in [0.2, 0.25) is 0 Å². The van der Waals surface area contributed by atoms with E-state index in [1.165, 1.54) is 29.0 Å². The van der Waals surface area contributed by atoms with Gasteiger partial charge in [-0.15, -0.1) is 0 Å². The lowest BCUT2D eigenvalue weighted by atomic mass is 9.99. The Balaban J connectivity index is 1.65. The van der Waals surface area contributed by atoms with Gasteiger partial charge in [-0.1, -0.05) is 31.2 Å². The summed E-state index contributed by atoms with van der Waals surface area (Å²) in [5.74, 6) is -1.05. The van der Waals surface area contributed by atoms with Gasteiger partial charge in [-0.25, -0.2) is 23.9 Å². The number of imidazole rings is 1. The summed E-state index contributed by atoms with van der Waals surface area (Å²) in [4.78, 5) is 45.8. The molecule has 55 heavy (non-hydrogen) atoms. The Morgan fingerprint density at radius 2 is 1.75 bits per heavy atom. The van der Waals surface area contributed by atoms with Crippen molar-refractivity contribution in [2.75, 3.05) is 27.1 Å². The average Bonchev–Trinajstić information content (AvgIpc) is 3.66. The molecule has 2 aliphatic rings. The van der Waals surface area contributed by atoms with Crippen molar-refractivity contribution in [1.29, 1.82) is 0 Å². The van der Waals surface area contributed by atoms with Gasteiger partial charge in [-0.2, -0.15) is 0 Å². The Morgan fingerprint density at radius 1 is 1.04 bits per heavy atom. The molecule has 1 N–H and O–H groups in total. The zero-order chi connectivity index (χ0) is 40.7. The summed E-state index contributed by atoms with van der Waals surface area (Å²) in [7, 11) is 1.46. The molecule has 3 heterocycles. The van der Waals surface area contributed by atoms with E-state index < -0.39 is 59.6 Å². The predicted octanol–water partition coefficient (Wildman–Crippen LogP) is 6.50. The van der Waals surface area contributed by atoms with Gasteiger partial charge in [-0.05, 0) is 80.4 Å². The molecule has 1 aromatic heterocycles. The van der Waals surface area contributed by atoms with Crippen molar-refractivity contribution in [2.24, 2.45) is 5.92 Å². The first-order valence-corrected chi connectivity index (χ1v) is 18.4. The number of benzene rings is 1. The molecular weight excluding hydrogens is 714 g/mol. The van der Waals surface area contributed by atoms with Crippen molar-refractivity contribution in [1.82, 2.24) is 14.5 Å². The Kier molecular flexibility index (Phi) is 14.2. The molecule has 5 atom stereocenters. The number of hydrogen-bond donors (Lipinski definition) is 1. The standard InChI is InChI=1S/C40H57N3O12/c1-25-15-16-29(44)34-30(52-40(9,10)53-34)14-12-13-27-21-28(22-31(50-24-48-11)33(27)35(45)51-26(25)2)49-20-19-42(36(46)54-38(3,4)5)23-32-41-17-18-43(32)37(47)55-39(6,7)8/h12-13,15-18,21-22,25-26,29-30,34,44H,14,19-20,23-24H2,1-11H3/b13-12+,16-15-/t25-,26?,29?,30?,34?/m1/s1. The predicted molar refractivity (Wildman–Crippen MR) is 202 cm³/mol. The lowest BCUT2D eigenvalue weighted by molar-refractivity contribution is -0.152. The van der Waals surface area contributed by atoms with E-state index in [0.29, 0.717) is 17.7 Å². The number of aliphatic hydroxyl groups is 1. The maximum absolute atomic E-state index is 13.8. The molecule has 0 bridgehead atoms. The van der Waals surface area contributed by atoms with E-state index in [-0.39, 0.29) is 49.5 Å². The number of carbonyl (C=O) groups excluding carboxylic acids is 3. The highest BCUT2D eigenvalue weighted by atomic mass is 16.8. The van der Waals surface area contributed by atoms with Gasteiger partial charge in [0, 0.05) is 31.5 Å². The molecule has 0 aliphatic carbocycles. The van der Waals surface area contributed by atoms with Gasteiger partial charge >= 0.3 is 18.2 Å². The van der Waals surface area contributed by atoms with Gasteiger partial charge in [-0.3, -0.25) is 4.90 Å². The molecular formula is C40H57N3O12. The second kappa shape index (κ2) is 18.0. The van der Waals surface area contributed by atoms with Crippen molar-refractivity contribution in [2.45, 2.75) is 124 Å². The quantitative estimate of drug-likeness (QED) is 0.127. The fraction of sp³-hybridized carbons (Fsp3) is 0.600. The molecule has 0 saturated carbocycles. The van der Waals surface area contributed by atoms with Crippen molar-refractivity contribution in [3.63, 3.8) is 0 Å². The first kappa shape index (κ1) is 43.3. The first-order valence-electron chi connectivity index (χ1n) is 18.4. The van der Waals surface area contributed by atoms with Crippen LogP contribution in [0.3, 0.4) is 0 Å². The third-order valence-electron chi connectivity index (χ3n) is 8.43. The van der Waals surface area contributed by atoms with E-state index in [2.05, 4.69) is 4.98 Å². The Morgan fingerprint density at radius 3 is 2.42 bits per heavy atom. The summed E-state index contributed by atoms with van der Waals surface area (Å²) in [6, 6.07) is 3.22. The molecule has 2 aliphatic heterocycles. The van der Waals surface area contributed by atoms with E-state index in [1.54, 1.807) is 92.7 Å². The Hall–Kier alpha value is -4.44. The minimum absolute atomic E-state index is 0.0220. The number of ether oxygens (including phenoxy) is 8. The second-order valence-corrected chi connectivity index (χ2v) is 16.0. The highest BCUT2D eigenvalue weighted by Gasteiger charge is 2.43. The number of amides is 1. The van der Waals surface area contributed by atoms with Crippen LogP contribution in [0.15, 0.2) is 42.8 Å². The van der Waals surface area contributed by atoms with Crippen LogP contribution in [0, 0.1) is 5.92 Å². The summed E-state index contributed by atoms with van der Waals surface area (Å²) >= 11 is 0. The number of rotatable bonds is 9. The first-order chi connectivity index (χ1) is 25.7. The number of fused-ring (bicyclic) bond motifs is 2. The number of carbonyl (C=O) groups is 3. The third kappa shape index (κ3) is 12.5. The van der Waals surface area contributed by atoms with Crippen LogP contribution in [0.5, 0.6) is 11.5 Å². The van der Waals surface area contributed by atoms with Crippen LogP contribution in [0.1, 0.15) is 97.4 Å².